The topological polar surface area (TPSA) is 38.3 Å². The van der Waals surface area contributed by atoms with Gasteiger partial charge < -0.3 is 4.74 Å². The molecule has 0 fully saturated rings. The molecule has 0 radical (unpaired) electrons. The number of benzene rings is 1. The van der Waals surface area contributed by atoms with Gasteiger partial charge in [-0.3, -0.25) is 5.32 Å². The standard InChI is InChI=1S/C13H17NO2/c1-13(2,3)16-12(15)11-10-7-5-4-6-9(10)8-14-11/h4-7,11,14H,8H2,1-3H3. The number of esters is 1. The Morgan fingerprint density at radius 3 is 2.75 bits per heavy atom. The van der Waals surface area contributed by atoms with Crippen LogP contribution in [0, 0.1) is 0 Å². The number of carbonyl (C=O) groups excluding carboxylic acids is 1. The molecule has 86 valence electrons. The Morgan fingerprint density at radius 1 is 1.38 bits per heavy atom. The molecule has 0 spiro atoms. The summed E-state index contributed by atoms with van der Waals surface area (Å²) in [4.78, 5) is 11.9. The van der Waals surface area contributed by atoms with E-state index in [0.717, 1.165) is 12.1 Å². The molecule has 3 heteroatoms. The highest BCUT2D eigenvalue weighted by molar-refractivity contribution is 5.79. The Balaban J connectivity index is 2.16. The first kappa shape index (κ1) is 11.1. The van der Waals surface area contributed by atoms with Gasteiger partial charge in [0, 0.05) is 6.54 Å². The lowest BCUT2D eigenvalue weighted by Gasteiger charge is -2.22. The minimum atomic E-state index is -0.434. The van der Waals surface area contributed by atoms with Crippen molar-refractivity contribution in [3.8, 4) is 0 Å². The van der Waals surface area contributed by atoms with Crippen molar-refractivity contribution in [2.45, 2.75) is 39.0 Å². The highest BCUT2D eigenvalue weighted by atomic mass is 16.6. The minimum absolute atomic E-state index is 0.197. The molecule has 0 bridgehead atoms. The van der Waals surface area contributed by atoms with Crippen LogP contribution in [0.2, 0.25) is 0 Å². The van der Waals surface area contributed by atoms with Gasteiger partial charge in [-0.05, 0) is 31.9 Å². The van der Waals surface area contributed by atoms with E-state index in [9.17, 15) is 4.79 Å². The average molecular weight is 219 g/mol. The van der Waals surface area contributed by atoms with E-state index in [4.69, 9.17) is 4.74 Å². The summed E-state index contributed by atoms with van der Waals surface area (Å²) in [5, 5.41) is 3.17. The van der Waals surface area contributed by atoms with E-state index in [2.05, 4.69) is 5.32 Å². The van der Waals surface area contributed by atoms with Gasteiger partial charge >= 0.3 is 5.97 Å². The molecule has 0 amide bonds. The molecule has 1 heterocycles. The fourth-order valence-electron chi connectivity index (χ4n) is 1.87. The van der Waals surface area contributed by atoms with Crippen LogP contribution in [0.3, 0.4) is 0 Å². The quantitative estimate of drug-likeness (QED) is 0.736. The molecular weight excluding hydrogens is 202 g/mol. The Hall–Kier alpha value is -1.35. The third-order valence-corrected chi connectivity index (χ3v) is 2.51. The van der Waals surface area contributed by atoms with E-state index in [-0.39, 0.29) is 12.0 Å². The van der Waals surface area contributed by atoms with E-state index in [0.29, 0.717) is 0 Å². The van der Waals surface area contributed by atoms with Crippen LogP contribution in [0.15, 0.2) is 24.3 Å². The zero-order chi connectivity index (χ0) is 11.8. The van der Waals surface area contributed by atoms with Gasteiger partial charge in [-0.15, -0.1) is 0 Å². The molecule has 0 saturated heterocycles. The highest BCUT2D eigenvalue weighted by Gasteiger charge is 2.31. The van der Waals surface area contributed by atoms with Gasteiger partial charge in [0.15, 0.2) is 0 Å². The number of carbonyl (C=O) groups is 1. The summed E-state index contributed by atoms with van der Waals surface area (Å²) in [6, 6.07) is 7.63. The van der Waals surface area contributed by atoms with Crippen molar-refractivity contribution < 1.29 is 9.53 Å². The summed E-state index contributed by atoms with van der Waals surface area (Å²) < 4.78 is 5.38. The van der Waals surface area contributed by atoms with Crippen molar-refractivity contribution in [1.29, 1.82) is 0 Å². The molecule has 2 rings (SSSR count). The zero-order valence-corrected chi connectivity index (χ0v) is 9.91. The second-order valence-corrected chi connectivity index (χ2v) is 5.05. The number of nitrogens with one attached hydrogen (secondary N) is 1. The molecule has 1 aliphatic rings. The third kappa shape index (κ3) is 2.25. The van der Waals surface area contributed by atoms with Gasteiger partial charge in [0.2, 0.25) is 0 Å². The molecular formula is C13H17NO2. The van der Waals surface area contributed by atoms with E-state index in [1.54, 1.807) is 0 Å². The maximum Gasteiger partial charge on any atom is 0.328 e. The predicted molar refractivity (Wildman–Crippen MR) is 61.9 cm³/mol. The first-order valence-corrected chi connectivity index (χ1v) is 5.51. The van der Waals surface area contributed by atoms with E-state index in [1.807, 2.05) is 45.0 Å². The van der Waals surface area contributed by atoms with Crippen molar-refractivity contribution in [2.24, 2.45) is 0 Å². The van der Waals surface area contributed by atoms with Gasteiger partial charge in [0.05, 0.1) is 0 Å². The largest absolute Gasteiger partial charge is 0.459 e. The Kier molecular flexibility index (Phi) is 2.72. The lowest BCUT2D eigenvalue weighted by molar-refractivity contribution is -0.157. The summed E-state index contributed by atoms with van der Waals surface area (Å²) in [6.07, 6.45) is 0. The third-order valence-electron chi connectivity index (χ3n) is 2.51. The summed E-state index contributed by atoms with van der Waals surface area (Å²) >= 11 is 0. The van der Waals surface area contributed by atoms with Crippen LogP contribution in [0.5, 0.6) is 0 Å². The van der Waals surface area contributed by atoms with Crippen LogP contribution >= 0.6 is 0 Å². The SMILES string of the molecule is CC(C)(C)OC(=O)C1NCc2ccccc21. The van der Waals surface area contributed by atoms with Crippen LogP contribution < -0.4 is 5.32 Å². The number of hydrogen-bond donors (Lipinski definition) is 1. The lowest BCUT2D eigenvalue weighted by atomic mass is 10.1. The minimum Gasteiger partial charge on any atom is -0.459 e. The fourth-order valence-corrected chi connectivity index (χ4v) is 1.87. The maximum absolute atomic E-state index is 11.9. The van der Waals surface area contributed by atoms with E-state index in [1.165, 1.54) is 5.56 Å². The summed E-state index contributed by atoms with van der Waals surface area (Å²) in [6.45, 7) is 6.38. The smallest absolute Gasteiger partial charge is 0.328 e. The first-order valence-electron chi connectivity index (χ1n) is 5.51. The molecule has 1 atom stereocenters. The Bertz CT molecular complexity index is 407. The predicted octanol–water partition coefficient (Wildman–Crippen LogP) is 2.17. The van der Waals surface area contributed by atoms with E-state index >= 15 is 0 Å². The van der Waals surface area contributed by atoms with Crippen molar-refractivity contribution in [3.63, 3.8) is 0 Å². The van der Waals surface area contributed by atoms with Crippen LogP contribution in [0.25, 0.3) is 0 Å². The molecule has 0 aromatic heterocycles. The van der Waals surface area contributed by atoms with Gasteiger partial charge in [-0.2, -0.15) is 0 Å². The molecule has 1 N–H and O–H groups in total. The number of ether oxygens (including phenoxy) is 1. The van der Waals surface area contributed by atoms with Crippen LogP contribution in [-0.2, 0) is 16.1 Å². The van der Waals surface area contributed by atoms with E-state index < -0.39 is 5.60 Å². The molecule has 3 nitrogen and oxygen atoms in total. The summed E-state index contributed by atoms with van der Waals surface area (Å²) in [5.41, 5.74) is 1.78. The number of hydrogen-bond acceptors (Lipinski definition) is 3. The number of fused-ring (bicyclic) bond motifs is 1. The highest BCUT2D eigenvalue weighted by Crippen LogP contribution is 2.27. The Morgan fingerprint density at radius 2 is 2.06 bits per heavy atom. The molecule has 1 aliphatic heterocycles. The summed E-state index contributed by atoms with van der Waals surface area (Å²) in [7, 11) is 0. The molecule has 0 saturated carbocycles. The molecule has 16 heavy (non-hydrogen) atoms. The monoisotopic (exact) mass is 219 g/mol. The van der Waals surface area contributed by atoms with Gasteiger partial charge in [-0.25, -0.2) is 4.79 Å². The average Bonchev–Trinajstić information content (AvgIpc) is 2.58. The van der Waals surface area contributed by atoms with Crippen LogP contribution in [0.4, 0.5) is 0 Å². The molecule has 1 unspecified atom stereocenters. The van der Waals surface area contributed by atoms with Crippen molar-refractivity contribution >= 4 is 5.97 Å². The van der Waals surface area contributed by atoms with Gasteiger partial charge in [0.1, 0.15) is 11.6 Å². The number of rotatable bonds is 1. The Labute approximate surface area is 95.8 Å². The van der Waals surface area contributed by atoms with Crippen molar-refractivity contribution in [1.82, 2.24) is 5.32 Å². The van der Waals surface area contributed by atoms with Crippen molar-refractivity contribution in [2.75, 3.05) is 0 Å². The normalized spacial score (nSPS) is 19.3. The van der Waals surface area contributed by atoms with Crippen molar-refractivity contribution in [3.05, 3.63) is 35.4 Å². The second-order valence-electron chi connectivity index (χ2n) is 5.05. The second kappa shape index (κ2) is 3.91. The van der Waals surface area contributed by atoms with Crippen LogP contribution in [0.1, 0.15) is 37.9 Å². The summed E-state index contributed by atoms with van der Waals surface area (Å²) in [5.74, 6) is -0.197. The zero-order valence-electron chi connectivity index (χ0n) is 9.91. The molecule has 1 aromatic carbocycles. The fraction of sp³-hybridized carbons (Fsp3) is 0.462. The molecule has 1 aromatic rings. The molecule has 0 aliphatic carbocycles. The maximum atomic E-state index is 11.9. The van der Waals surface area contributed by atoms with Gasteiger partial charge in [-0.1, -0.05) is 24.3 Å². The first-order chi connectivity index (χ1) is 7.47. The lowest BCUT2D eigenvalue weighted by Crippen LogP contribution is -2.31. The van der Waals surface area contributed by atoms with Gasteiger partial charge in [0.25, 0.3) is 0 Å². The van der Waals surface area contributed by atoms with Crippen LogP contribution in [-0.4, -0.2) is 11.6 Å².